The smallest absolute Gasteiger partial charge is 0.231 e. The second-order valence-electron chi connectivity index (χ2n) is 7.97. The topological polar surface area (TPSA) is 114 Å². The van der Waals surface area contributed by atoms with Gasteiger partial charge in [0.25, 0.3) is 0 Å². The van der Waals surface area contributed by atoms with Crippen LogP contribution < -0.4 is 11.1 Å². The Balaban J connectivity index is 1.71. The number of pyridine rings is 3. The lowest BCUT2D eigenvalue weighted by Gasteiger charge is -2.18. The molecule has 1 aliphatic carbocycles. The number of rotatable bonds is 4. The zero-order chi connectivity index (χ0) is 20.9. The zero-order valence-corrected chi connectivity index (χ0v) is 16.4. The van der Waals surface area contributed by atoms with E-state index in [0.29, 0.717) is 28.4 Å². The van der Waals surface area contributed by atoms with Crippen molar-refractivity contribution in [3.8, 4) is 11.3 Å². The third-order valence-corrected chi connectivity index (χ3v) is 5.06. The Morgan fingerprint density at radius 3 is 2.62 bits per heavy atom. The number of anilines is 2. The number of carbonyl (C=O) groups excluding carboxylic acids is 1. The van der Waals surface area contributed by atoms with Crippen molar-refractivity contribution in [2.45, 2.75) is 39.0 Å². The molecule has 29 heavy (non-hydrogen) atoms. The van der Waals surface area contributed by atoms with Gasteiger partial charge < -0.3 is 16.2 Å². The van der Waals surface area contributed by atoms with Crippen LogP contribution in [0, 0.1) is 12.8 Å². The number of fused-ring (bicyclic) bond motifs is 1. The van der Waals surface area contributed by atoms with Gasteiger partial charge in [-0.05, 0) is 56.3 Å². The molecule has 0 saturated heterocycles. The van der Waals surface area contributed by atoms with Crippen LogP contribution in [0.5, 0.6) is 0 Å². The van der Waals surface area contributed by atoms with E-state index in [0.717, 1.165) is 16.5 Å². The molecule has 3 heterocycles. The first-order valence-corrected chi connectivity index (χ1v) is 9.34. The second kappa shape index (κ2) is 6.73. The average Bonchev–Trinajstić information content (AvgIpc) is 3.37. The first-order valence-electron chi connectivity index (χ1n) is 9.34. The number of aryl methyl sites for hydroxylation is 1. The van der Waals surface area contributed by atoms with E-state index in [9.17, 15) is 14.3 Å². The molecule has 0 aliphatic heterocycles. The molecule has 4 N–H and O–H groups in total. The van der Waals surface area contributed by atoms with Crippen molar-refractivity contribution in [2.24, 2.45) is 5.92 Å². The van der Waals surface area contributed by atoms with Crippen LogP contribution in [0.2, 0.25) is 0 Å². The van der Waals surface area contributed by atoms with Crippen molar-refractivity contribution in [1.82, 2.24) is 15.0 Å². The minimum absolute atomic E-state index is 0.257. The van der Waals surface area contributed by atoms with Gasteiger partial charge in [-0.1, -0.05) is 0 Å². The maximum absolute atomic E-state index is 13.1. The molecule has 0 unspecified atom stereocenters. The Labute approximate surface area is 167 Å². The number of alkyl halides is 1. The quantitative estimate of drug-likeness (QED) is 0.625. The minimum Gasteiger partial charge on any atom is -0.384 e. The fourth-order valence-corrected chi connectivity index (χ4v) is 3.19. The van der Waals surface area contributed by atoms with Crippen LogP contribution in [0.4, 0.5) is 16.0 Å². The van der Waals surface area contributed by atoms with E-state index >= 15 is 0 Å². The molecule has 150 valence electrons. The van der Waals surface area contributed by atoms with Gasteiger partial charge in [-0.2, -0.15) is 0 Å². The number of halogens is 1. The average molecular weight is 395 g/mol. The molecule has 4 rings (SSSR count). The summed E-state index contributed by atoms with van der Waals surface area (Å²) >= 11 is 0. The van der Waals surface area contributed by atoms with Crippen molar-refractivity contribution in [1.29, 1.82) is 0 Å². The summed E-state index contributed by atoms with van der Waals surface area (Å²) in [6.45, 7) is 5.27. The second-order valence-corrected chi connectivity index (χ2v) is 7.97. The number of amides is 1. The maximum atomic E-state index is 13.1. The Morgan fingerprint density at radius 2 is 2.00 bits per heavy atom. The Kier molecular flexibility index (Phi) is 4.46. The van der Waals surface area contributed by atoms with E-state index in [1.165, 1.54) is 0 Å². The molecule has 8 heteroatoms. The predicted molar refractivity (Wildman–Crippen MR) is 109 cm³/mol. The van der Waals surface area contributed by atoms with Crippen LogP contribution in [-0.2, 0) is 10.4 Å². The highest BCUT2D eigenvalue weighted by atomic mass is 19.1. The highest BCUT2D eigenvalue weighted by Crippen LogP contribution is 2.35. The lowest BCUT2D eigenvalue weighted by atomic mass is 9.99. The number of hydrogen-bond donors (Lipinski definition) is 3. The van der Waals surface area contributed by atoms with Gasteiger partial charge in [0, 0.05) is 23.3 Å². The van der Waals surface area contributed by atoms with Crippen LogP contribution in [0.15, 0.2) is 30.6 Å². The summed E-state index contributed by atoms with van der Waals surface area (Å²) in [7, 11) is 0. The van der Waals surface area contributed by atoms with Gasteiger partial charge in [-0.3, -0.25) is 9.78 Å². The number of aromatic nitrogens is 3. The largest absolute Gasteiger partial charge is 0.384 e. The Morgan fingerprint density at radius 1 is 1.28 bits per heavy atom. The lowest BCUT2D eigenvalue weighted by Crippen LogP contribution is -2.17. The fraction of sp³-hybridized carbons (Fsp3) is 0.333. The van der Waals surface area contributed by atoms with Gasteiger partial charge in [-0.15, -0.1) is 0 Å². The number of hydrogen-bond acceptors (Lipinski definition) is 6. The lowest BCUT2D eigenvalue weighted by molar-refractivity contribution is -0.117. The van der Waals surface area contributed by atoms with Crippen molar-refractivity contribution < 1.29 is 14.3 Å². The van der Waals surface area contributed by atoms with Gasteiger partial charge in [-0.25, -0.2) is 14.4 Å². The number of nitrogens with two attached hydrogens (primary N) is 1. The molecule has 1 aliphatic rings. The third-order valence-electron chi connectivity index (χ3n) is 5.06. The van der Waals surface area contributed by atoms with Gasteiger partial charge in [0.1, 0.15) is 23.4 Å². The van der Waals surface area contributed by atoms with Crippen LogP contribution in [0.1, 0.15) is 31.5 Å². The molecule has 1 amide bonds. The predicted octanol–water partition coefficient (Wildman–Crippen LogP) is 3.11. The van der Waals surface area contributed by atoms with Crippen LogP contribution in [0.25, 0.3) is 22.0 Å². The van der Waals surface area contributed by atoms with Gasteiger partial charge >= 0.3 is 0 Å². The van der Waals surface area contributed by atoms with E-state index < -0.39 is 17.7 Å². The summed E-state index contributed by atoms with van der Waals surface area (Å²) in [5.74, 6) is -0.312. The summed E-state index contributed by atoms with van der Waals surface area (Å²) in [5.41, 5.74) is 7.95. The number of nitrogens with zero attached hydrogens (tertiary/aromatic N) is 3. The molecule has 0 bridgehead atoms. The molecule has 7 nitrogen and oxygen atoms in total. The molecule has 0 spiro atoms. The minimum atomic E-state index is -1.07. The van der Waals surface area contributed by atoms with Crippen molar-refractivity contribution in [3.05, 3.63) is 41.9 Å². The molecule has 0 aromatic carbocycles. The molecule has 0 radical (unpaired) electrons. The van der Waals surface area contributed by atoms with E-state index in [1.54, 1.807) is 32.3 Å². The van der Waals surface area contributed by atoms with Crippen LogP contribution >= 0.6 is 0 Å². The van der Waals surface area contributed by atoms with Crippen molar-refractivity contribution in [3.63, 3.8) is 0 Å². The van der Waals surface area contributed by atoms with Gasteiger partial charge in [0.05, 0.1) is 17.3 Å². The third kappa shape index (κ3) is 3.75. The van der Waals surface area contributed by atoms with Crippen LogP contribution in [-0.4, -0.2) is 32.1 Å². The highest BCUT2D eigenvalue weighted by molar-refractivity contribution is 5.98. The first-order chi connectivity index (χ1) is 13.6. The molecule has 1 fully saturated rings. The Hall–Kier alpha value is -3.13. The number of aliphatic hydroxyl groups is 1. The maximum Gasteiger partial charge on any atom is 0.231 e. The summed E-state index contributed by atoms with van der Waals surface area (Å²) in [6.07, 6.45) is 2.39. The van der Waals surface area contributed by atoms with E-state index in [4.69, 9.17) is 5.73 Å². The van der Waals surface area contributed by atoms with Crippen LogP contribution in [0.3, 0.4) is 0 Å². The molecule has 1 saturated carbocycles. The highest BCUT2D eigenvalue weighted by Gasteiger charge is 2.43. The van der Waals surface area contributed by atoms with E-state index in [2.05, 4.69) is 20.3 Å². The summed E-state index contributed by atoms with van der Waals surface area (Å²) < 4.78 is 13.1. The molecular weight excluding hydrogens is 373 g/mol. The van der Waals surface area contributed by atoms with Gasteiger partial charge in [0.15, 0.2) is 0 Å². The molecule has 2 atom stereocenters. The monoisotopic (exact) mass is 395 g/mol. The standard InChI is InChI=1S/C21H22FN5O2/c1-10-4-17(21(2,3)29)24-8-13(10)16-5-11-6-18(25-9-14(11)19(23)26-16)27-20(28)12-7-15(12)22/h4-6,8-9,12,15,29H,7H2,1-3H3,(H2,23,26)(H,25,27,28)/t12-,15+/m1/s1. The SMILES string of the molecule is Cc1cc(C(C)(C)O)ncc1-c1cc2cc(NC(=O)[C@@H]3C[C@@H]3F)ncc2c(N)n1. The van der Waals surface area contributed by atoms with E-state index in [-0.39, 0.29) is 12.3 Å². The summed E-state index contributed by atoms with van der Waals surface area (Å²) in [4.78, 5) is 25.0. The van der Waals surface area contributed by atoms with Gasteiger partial charge in [0.2, 0.25) is 5.91 Å². The summed E-state index contributed by atoms with van der Waals surface area (Å²) in [6, 6.07) is 5.35. The molecule has 3 aromatic rings. The summed E-state index contributed by atoms with van der Waals surface area (Å²) in [5, 5.41) is 14.2. The van der Waals surface area contributed by atoms with Crippen molar-refractivity contribution in [2.75, 3.05) is 11.1 Å². The fourth-order valence-electron chi connectivity index (χ4n) is 3.19. The number of nitrogens with one attached hydrogen (secondary N) is 1. The Bertz CT molecular complexity index is 1130. The number of carbonyl (C=O) groups is 1. The van der Waals surface area contributed by atoms with E-state index in [1.807, 2.05) is 19.1 Å². The molecular formula is C21H22FN5O2. The molecule has 3 aromatic heterocycles. The van der Waals surface area contributed by atoms with Crippen molar-refractivity contribution >= 4 is 28.3 Å². The first kappa shape index (κ1) is 19.2. The number of nitrogen functional groups attached to an aromatic ring is 1. The zero-order valence-electron chi connectivity index (χ0n) is 16.4. The normalized spacial score (nSPS) is 18.7.